The lowest BCUT2D eigenvalue weighted by molar-refractivity contribution is 0.127. The van der Waals surface area contributed by atoms with Crippen LogP contribution in [0.25, 0.3) is 0 Å². The molecule has 1 aromatic heterocycles. The van der Waals surface area contributed by atoms with E-state index in [9.17, 15) is 5.11 Å². The summed E-state index contributed by atoms with van der Waals surface area (Å²) in [6, 6.07) is 1.86. The number of hydrogen-bond acceptors (Lipinski definition) is 3. The first-order valence-corrected chi connectivity index (χ1v) is 6.58. The van der Waals surface area contributed by atoms with Crippen LogP contribution in [0.15, 0.2) is 18.5 Å². The zero-order valence-corrected chi connectivity index (χ0v) is 12.3. The fourth-order valence-corrected chi connectivity index (χ4v) is 2.47. The maximum Gasteiger partial charge on any atom is 0.0860 e. The van der Waals surface area contributed by atoms with Crippen LogP contribution in [0.2, 0.25) is 0 Å². The Balaban J connectivity index is 2.35. The lowest BCUT2D eigenvalue weighted by Gasteiger charge is -2.34. The van der Waals surface area contributed by atoms with Crippen LogP contribution < -0.4 is 5.32 Å². The molecule has 1 heterocycles. The molecular formula is C14H27N3O. The monoisotopic (exact) mass is 253 g/mol. The zero-order chi connectivity index (χ0) is 13.8. The number of aliphatic hydroxyl groups excluding tert-OH is 1. The molecule has 0 spiro atoms. The average molecular weight is 253 g/mol. The highest BCUT2D eigenvalue weighted by Gasteiger charge is 2.25. The van der Waals surface area contributed by atoms with E-state index in [4.69, 9.17) is 0 Å². The first-order chi connectivity index (χ1) is 8.18. The minimum Gasteiger partial charge on any atom is -0.390 e. The molecule has 1 aromatic rings. The van der Waals surface area contributed by atoms with E-state index in [1.807, 2.05) is 12.3 Å². The number of aliphatic hydroxyl groups is 1. The van der Waals surface area contributed by atoms with Crippen molar-refractivity contribution in [3.05, 3.63) is 18.5 Å². The Bertz CT molecular complexity index is 338. The van der Waals surface area contributed by atoms with Gasteiger partial charge >= 0.3 is 0 Å². The Morgan fingerprint density at radius 2 is 1.94 bits per heavy atom. The Morgan fingerprint density at radius 3 is 2.44 bits per heavy atom. The molecule has 0 aromatic carbocycles. The lowest BCUT2D eigenvalue weighted by atomic mass is 9.82. The highest BCUT2D eigenvalue weighted by molar-refractivity contribution is 4.84. The van der Waals surface area contributed by atoms with Crippen molar-refractivity contribution in [1.29, 1.82) is 0 Å². The molecule has 0 saturated carbocycles. The van der Waals surface area contributed by atoms with Gasteiger partial charge in [-0.25, -0.2) is 0 Å². The Labute approximate surface area is 110 Å². The molecule has 1 rings (SSSR count). The van der Waals surface area contributed by atoms with Crippen LogP contribution in [0.3, 0.4) is 0 Å². The van der Waals surface area contributed by atoms with Crippen LogP contribution in [-0.4, -0.2) is 33.1 Å². The van der Waals surface area contributed by atoms with E-state index in [1.165, 1.54) is 0 Å². The molecule has 0 fully saturated rings. The summed E-state index contributed by atoms with van der Waals surface area (Å²) in [5, 5.41) is 17.5. The van der Waals surface area contributed by atoms with Gasteiger partial charge in [0.1, 0.15) is 0 Å². The summed E-state index contributed by atoms with van der Waals surface area (Å²) in [6.07, 6.45) is 4.24. The molecule has 0 amide bonds. The minimum absolute atomic E-state index is 0.0311. The Morgan fingerprint density at radius 1 is 1.28 bits per heavy atom. The smallest absolute Gasteiger partial charge is 0.0860 e. The second-order valence-corrected chi connectivity index (χ2v) is 6.88. The lowest BCUT2D eigenvalue weighted by Crippen LogP contribution is -2.46. The number of β-amino-alcohol motifs (C(OH)–C–C–N with tert-alkyl or cyclic N) is 1. The van der Waals surface area contributed by atoms with Gasteiger partial charge in [-0.3, -0.25) is 4.68 Å². The Kier molecular flexibility index (Phi) is 4.93. The number of rotatable bonds is 6. The van der Waals surface area contributed by atoms with Crippen LogP contribution in [-0.2, 0) is 6.54 Å². The highest BCUT2D eigenvalue weighted by Crippen LogP contribution is 2.26. The molecule has 4 nitrogen and oxygen atoms in total. The van der Waals surface area contributed by atoms with Crippen LogP contribution in [0.1, 0.15) is 41.0 Å². The van der Waals surface area contributed by atoms with Gasteiger partial charge in [0.25, 0.3) is 0 Å². The molecule has 1 unspecified atom stereocenters. The maximum absolute atomic E-state index is 9.96. The third kappa shape index (κ3) is 6.17. The normalized spacial score (nSPS) is 14.8. The zero-order valence-electron chi connectivity index (χ0n) is 12.3. The third-order valence-electron chi connectivity index (χ3n) is 2.75. The highest BCUT2D eigenvalue weighted by atomic mass is 16.3. The number of hydrogen-bond donors (Lipinski definition) is 2. The fraction of sp³-hybridized carbons (Fsp3) is 0.786. The van der Waals surface area contributed by atoms with Crippen LogP contribution in [0.4, 0.5) is 0 Å². The van der Waals surface area contributed by atoms with E-state index in [0.717, 1.165) is 6.42 Å². The molecule has 2 N–H and O–H groups in total. The van der Waals surface area contributed by atoms with Crippen molar-refractivity contribution >= 4 is 0 Å². The van der Waals surface area contributed by atoms with E-state index >= 15 is 0 Å². The molecule has 0 aliphatic carbocycles. The van der Waals surface area contributed by atoms with Crippen molar-refractivity contribution in [1.82, 2.24) is 15.1 Å². The van der Waals surface area contributed by atoms with Crippen LogP contribution in [0.5, 0.6) is 0 Å². The van der Waals surface area contributed by atoms with Crippen molar-refractivity contribution in [3.63, 3.8) is 0 Å². The molecule has 0 aliphatic rings. The fourth-order valence-electron chi connectivity index (χ4n) is 2.47. The van der Waals surface area contributed by atoms with Crippen molar-refractivity contribution in [2.75, 3.05) is 6.54 Å². The van der Waals surface area contributed by atoms with Gasteiger partial charge in [-0.15, -0.1) is 0 Å². The maximum atomic E-state index is 9.96. The SMILES string of the molecule is CC(C)(C)CC(C)(C)NCC(O)Cn1cccn1. The van der Waals surface area contributed by atoms with Gasteiger partial charge in [-0.1, -0.05) is 20.8 Å². The van der Waals surface area contributed by atoms with Gasteiger partial charge in [0.2, 0.25) is 0 Å². The predicted molar refractivity (Wildman–Crippen MR) is 74.4 cm³/mol. The van der Waals surface area contributed by atoms with Crippen LogP contribution in [0, 0.1) is 5.41 Å². The van der Waals surface area contributed by atoms with E-state index in [2.05, 4.69) is 45.0 Å². The molecule has 104 valence electrons. The summed E-state index contributed by atoms with van der Waals surface area (Å²) in [7, 11) is 0. The number of aromatic nitrogens is 2. The summed E-state index contributed by atoms with van der Waals surface area (Å²) in [4.78, 5) is 0. The first-order valence-electron chi connectivity index (χ1n) is 6.58. The summed E-state index contributed by atoms with van der Waals surface area (Å²) in [5.41, 5.74) is 0.312. The van der Waals surface area contributed by atoms with E-state index in [0.29, 0.717) is 13.1 Å². The summed E-state index contributed by atoms with van der Waals surface area (Å²) >= 11 is 0. The number of nitrogens with zero attached hydrogens (tertiary/aromatic N) is 2. The van der Waals surface area contributed by atoms with Crippen molar-refractivity contribution in [2.24, 2.45) is 5.41 Å². The molecule has 18 heavy (non-hydrogen) atoms. The van der Waals surface area contributed by atoms with Gasteiger partial charge in [0, 0.05) is 24.5 Å². The summed E-state index contributed by atoms with van der Waals surface area (Å²) in [5.74, 6) is 0. The Hall–Kier alpha value is -0.870. The number of nitrogens with one attached hydrogen (secondary N) is 1. The van der Waals surface area contributed by atoms with Gasteiger partial charge in [0.05, 0.1) is 12.6 Å². The van der Waals surface area contributed by atoms with E-state index in [-0.39, 0.29) is 11.0 Å². The predicted octanol–water partition coefficient (Wildman–Crippen LogP) is 2.05. The van der Waals surface area contributed by atoms with Crippen LogP contribution >= 0.6 is 0 Å². The molecule has 1 atom stereocenters. The largest absolute Gasteiger partial charge is 0.390 e. The van der Waals surface area contributed by atoms with Gasteiger partial charge < -0.3 is 10.4 Å². The summed E-state index contributed by atoms with van der Waals surface area (Å²) in [6.45, 7) is 12.2. The van der Waals surface area contributed by atoms with E-state index < -0.39 is 6.10 Å². The minimum atomic E-state index is -0.413. The second kappa shape index (κ2) is 5.85. The van der Waals surface area contributed by atoms with Crippen molar-refractivity contribution in [2.45, 2.75) is 59.2 Å². The third-order valence-corrected chi connectivity index (χ3v) is 2.75. The second-order valence-electron chi connectivity index (χ2n) is 6.88. The standard InChI is InChI=1S/C14H27N3O/c1-13(2,3)11-14(4,5)15-9-12(18)10-17-8-6-7-16-17/h6-8,12,15,18H,9-11H2,1-5H3. The van der Waals surface area contributed by atoms with E-state index in [1.54, 1.807) is 10.9 Å². The average Bonchev–Trinajstić information content (AvgIpc) is 2.64. The molecule has 0 aliphatic heterocycles. The molecule has 0 saturated heterocycles. The topological polar surface area (TPSA) is 50.1 Å². The molecule has 0 bridgehead atoms. The van der Waals surface area contributed by atoms with Crippen molar-refractivity contribution < 1.29 is 5.11 Å². The molecule has 4 heteroatoms. The summed E-state index contributed by atoms with van der Waals surface area (Å²) < 4.78 is 1.75. The molecular weight excluding hydrogens is 226 g/mol. The van der Waals surface area contributed by atoms with Gasteiger partial charge in [-0.2, -0.15) is 5.10 Å². The van der Waals surface area contributed by atoms with Gasteiger partial charge in [-0.05, 0) is 31.7 Å². The quantitative estimate of drug-likeness (QED) is 0.816. The van der Waals surface area contributed by atoms with Crippen molar-refractivity contribution in [3.8, 4) is 0 Å². The first kappa shape index (κ1) is 15.2. The van der Waals surface area contributed by atoms with Gasteiger partial charge in [0.15, 0.2) is 0 Å². The molecule has 0 radical (unpaired) electrons.